The van der Waals surface area contributed by atoms with Gasteiger partial charge in [-0.3, -0.25) is 0 Å². The zero-order chi connectivity index (χ0) is 10.3. The molecule has 2 nitrogen and oxygen atoms in total. The quantitative estimate of drug-likeness (QED) is 0.514. The normalized spacial score (nSPS) is 11.0. The first kappa shape index (κ1) is 8.36. The number of pyridine rings is 2. The van der Waals surface area contributed by atoms with Crippen molar-refractivity contribution in [3.63, 3.8) is 0 Å². The first-order valence-corrected chi connectivity index (χ1v) is 4.95. The number of hydrogen-bond acceptors (Lipinski definition) is 2. The third-order valence-electron chi connectivity index (χ3n) is 2.51. The van der Waals surface area contributed by atoms with Crippen LogP contribution in [0.5, 0.6) is 0 Å². The summed E-state index contributed by atoms with van der Waals surface area (Å²) in [5, 5.41) is 2.27. The average molecular weight is 194 g/mol. The Morgan fingerprint density at radius 1 is 1.00 bits per heavy atom. The summed E-state index contributed by atoms with van der Waals surface area (Å²) in [6.07, 6.45) is 1.85. The Labute approximate surface area is 87.6 Å². The number of nitrogens with zero attached hydrogens (tertiary/aromatic N) is 2. The third-order valence-corrected chi connectivity index (χ3v) is 2.51. The largest absolute Gasteiger partial charge is 0.236 e. The number of hydrogen-bond donors (Lipinski definition) is 0. The van der Waals surface area contributed by atoms with Gasteiger partial charge in [-0.25, -0.2) is 9.97 Å². The van der Waals surface area contributed by atoms with Crippen molar-refractivity contribution in [1.29, 1.82) is 0 Å². The molecule has 0 unspecified atom stereocenters. The van der Waals surface area contributed by atoms with Crippen LogP contribution in [0.15, 0.2) is 42.6 Å². The van der Waals surface area contributed by atoms with Crippen molar-refractivity contribution in [2.24, 2.45) is 0 Å². The molecule has 0 radical (unpaired) electrons. The monoisotopic (exact) mass is 194 g/mol. The number of para-hydroxylation sites is 1. The van der Waals surface area contributed by atoms with Crippen LogP contribution in [0.3, 0.4) is 0 Å². The van der Waals surface area contributed by atoms with Crippen LogP contribution < -0.4 is 0 Å². The maximum Gasteiger partial charge on any atom is 0.159 e. The van der Waals surface area contributed by atoms with Gasteiger partial charge in [0.15, 0.2) is 5.65 Å². The minimum atomic E-state index is 0.819. The lowest BCUT2D eigenvalue weighted by molar-refractivity contribution is 1.28. The lowest BCUT2D eigenvalue weighted by Gasteiger charge is -2.01. The van der Waals surface area contributed by atoms with Gasteiger partial charge in [-0.05, 0) is 30.7 Å². The maximum atomic E-state index is 4.51. The molecule has 2 heteroatoms. The van der Waals surface area contributed by atoms with Crippen molar-refractivity contribution in [2.45, 2.75) is 6.92 Å². The van der Waals surface area contributed by atoms with Crippen molar-refractivity contribution in [1.82, 2.24) is 9.97 Å². The highest BCUT2D eigenvalue weighted by Crippen LogP contribution is 2.18. The number of aryl methyl sites for hydroxylation is 1. The van der Waals surface area contributed by atoms with Gasteiger partial charge in [0.05, 0.1) is 5.52 Å². The minimum Gasteiger partial charge on any atom is -0.236 e. The molecule has 2 aromatic heterocycles. The molecule has 0 amide bonds. The van der Waals surface area contributed by atoms with Gasteiger partial charge in [0.1, 0.15) is 0 Å². The topological polar surface area (TPSA) is 25.8 Å². The van der Waals surface area contributed by atoms with Crippen molar-refractivity contribution in [2.75, 3.05) is 0 Å². The lowest BCUT2D eigenvalue weighted by atomic mass is 10.1. The van der Waals surface area contributed by atoms with Gasteiger partial charge in [-0.1, -0.05) is 18.2 Å². The predicted molar refractivity (Wildman–Crippen MR) is 61.8 cm³/mol. The summed E-state index contributed by atoms with van der Waals surface area (Å²) < 4.78 is 0. The number of fused-ring (bicyclic) bond motifs is 2. The van der Waals surface area contributed by atoms with Gasteiger partial charge in [0, 0.05) is 17.0 Å². The van der Waals surface area contributed by atoms with Crippen LogP contribution in [0.2, 0.25) is 0 Å². The van der Waals surface area contributed by atoms with Gasteiger partial charge in [-0.15, -0.1) is 0 Å². The van der Waals surface area contributed by atoms with E-state index in [1.54, 1.807) is 0 Å². The average Bonchev–Trinajstić information content (AvgIpc) is 2.26. The molecule has 0 saturated heterocycles. The first-order chi connectivity index (χ1) is 7.33. The molecular weight excluding hydrogens is 184 g/mol. The molecule has 2 heterocycles. The van der Waals surface area contributed by atoms with Crippen molar-refractivity contribution >= 4 is 21.9 Å². The van der Waals surface area contributed by atoms with E-state index < -0.39 is 0 Å². The third kappa shape index (κ3) is 1.34. The zero-order valence-corrected chi connectivity index (χ0v) is 8.44. The van der Waals surface area contributed by atoms with Crippen LogP contribution in [-0.2, 0) is 0 Å². The Bertz CT molecular complexity index is 644. The van der Waals surface area contributed by atoms with E-state index >= 15 is 0 Å². The second-order valence-electron chi connectivity index (χ2n) is 3.74. The number of aromatic nitrogens is 2. The Hall–Kier alpha value is -1.96. The fraction of sp³-hybridized carbons (Fsp3) is 0.0769. The summed E-state index contributed by atoms with van der Waals surface area (Å²) in [5.74, 6) is 0. The Morgan fingerprint density at radius 2 is 1.87 bits per heavy atom. The molecule has 3 aromatic rings. The van der Waals surface area contributed by atoms with Gasteiger partial charge in [-0.2, -0.15) is 0 Å². The molecule has 0 aliphatic heterocycles. The molecule has 0 aliphatic carbocycles. The summed E-state index contributed by atoms with van der Waals surface area (Å²) in [7, 11) is 0. The number of rotatable bonds is 0. The molecule has 0 aliphatic rings. The summed E-state index contributed by atoms with van der Waals surface area (Å²) in [4.78, 5) is 8.83. The van der Waals surface area contributed by atoms with Crippen molar-refractivity contribution < 1.29 is 0 Å². The van der Waals surface area contributed by atoms with Crippen LogP contribution in [0.4, 0.5) is 0 Å². The van der Waals surface area contributed by atoms with Crippen LogP contribution in [0, 0.1) is 6.92 Å². The molecule has 1 aromatic carbocycles. The fourth-order valence-corrected chi connectivity index (χ4v) is 1.78. The summed E-state index contributed by atoms with van der Waals surface area (Å²) in [6, 6.07) is 12.4. The molecule has 0 N–H and O–H groups in total. The van der Waals surface area contributed by atoms with Gasteiger partial charge in [0.2, 0.25) is 0 Å². The Balaban J connectivity index is 2.47. The molecular formula is C13H10N2. The van der Waals surface area contributed by atoms with Gasteiger partial charge < -0.3 is 0 Å². The second-order valence-corrected chi connectivity index (χ2v) is 3.74. The summed E-state index contributed by atoms with van der Waals surface area (Å²) in [5.41, 5.74) is 2.99. The van der Waals surface area contributed by atoms with E-state index in [4.69, 9.17) is 0 Å². The van der Waals surface area contributed by atoms with Gasteiger partial charge >= 0.3 is 0 Å². The van der Waals surface area contributed by atoms with Crippen molar-refractivity contribution in [3.8, 4) is 0 Å². The van der Waals surface area contributed by atoms with Crippen LogP contribution in [0.25, 0.3) is 21.9 Å². The lowest BCUT2D eigenvalue weighted by Crippen LogP contribution is -1.86. The van der Waals surface area contributed by atoms with E-state index in [0.29, 0.717) is 0 Å². The van der Waals surface area contributed by atoms with E-state index in [2.05, 4.69) is 28.2 Å². The highest BCUT2D eigenvalue weighted by molar-refractivity contribution is 5.90. The Morgan fingerprint density at radius 3 is 2.80 bits per heavy atom. The molecule has 72 valence electrons. The molecule has 3 rings (SSSR count). The SMILES string of the molecule is Cc1cnc2nc3ccccc3cc2c1. The predicted octanol–water partition coefficient (Wildman–Crippen LogP) is 3.09. The van der Waals surface area contributed by atoms with E-state index in [0.717, 1.165) is 21.9 Å². The first-order valence-electron chi connectivity index (χ1n) is 4.95. The molecule has 0 fully saturated rings. The number of benzene rings is 1. The molecule has 0 bridgehead atoms. The summed E-state index contributed by atoms with van der Waals surface area (Å²) in [6.45, 7) is 2.04. The van der Waals surface area contributed by atoms with E-state index in [1.807, 2.05) is 31.3 Å². The van der Waals surface area contributed by atoms with Crippen molar-refractivity contribution in [3.05, 3.63) is 48.2 Å². The molecule has 15 heavy (non-hydrogen) atoms. The summed E-state index contributed by atoms with van der Waals surface area (Å²) >= 11 is 0. The standard InChI is InChI=1S/C13H10N2/c1-9-6-11-7-10-4-2-3-5-12(10)15-13(11)14-8-9/h2-8H,1H3. The Kier molecular flexibility index (Phi) is 1.68. The molecule has 0 atom stereocenters. The second kappa shape index (κ2) is 3.02. The molecule has 0 saturated carbocycles. The van der Waals surface area contributed by atoms with E-state index in [9.17, 15) is 0 Å². The van der Waals surface area contributed by atoms with Gasteiger partial charge in [0.25, 0.3) is 0 Å². The van der Waals surface area contributed by atoms with Crippen LogP contribution in [-0.4, -0.2) is 9.97 Å². The maximum absolute atomic E-state index is 4.51. The van der Waals surface area contributed by atoms with E-state index in [-0.39, 0.29) is 0 Å². The smallest absolute Gasteiger partial charge is 0.159 e. The fourth-order valence-electron chi connectivity index (χ4n) is 1.78. The highest BCUT2D eigenvalue weighted by Gasteiger charge is 1.99. The highest BCUT2D eigenvalue weighted by atomic mass is 14.8. The zero-order valence-electron chi connectivity index (χ0n) is 8.44. The molecule has 0 spiro atoms. The van der Waals surface area contributed by atoms with Crippen LogP contribution in [0.1, 0.15) is 5.56 Å². The minimum absolute atomic E-state index is 0.819. The van der Waals surface area contributed by atoms with E-state index in [1.165, 1.54) is 5.56 Å². The van der Waals surface area contributed by atoms with Crippen LogP contribution >= 0.6 is 0 Å².